The molecule has 3 atom stereocenters. The van der Waals surface area contributed by atoms with Crippen molar-refractivity contribution in [2.75, 3.05) is 24.6 Å². The van der Waals surface area contributed by atoms with Gasteiger partial charge in [-0.2, -0.15) is 11.8 Å². The van der Waals surface area contributed by atoms with Gasteiger partial charge in [0.15, 0.2) is 5.76 Å². The van der Waals surface area contributed by atoms with Crippen molar-refractivity contribution in [2.24, 2.45) is 0 Å². The first-order chi connectivity index (χ1) is 13.2. The molecule has 0 aromatic carbocycles. The van der Waals surface area contributed by atoms with E-state index in [9.17, 15) is 9.59 Å². The number of aromatic nitrogens is 1. The molecule has 3 saturated heterocycles. The number of fused-ring (bicyclic) bond motifs is 3. The predicted molar refractivity (Wildman–Crippen MR) is 103 cm³/mol. The number of carbonyl (C=O) groups excluding carboxylic acids is 2. The van der Waals surface area contributed by atoms with Gasteiger partial charge in [-0.3, -0.25) is 14.6 Å². The van der Waals surface area contributed by atoms with Crippen molar-refractivity contribution in [1.29, 1.82) is 0 Å². The van der Waals surface area contributed by atoms with Crippen LogP contribution in [0.1, 0.15) is 40.3 Å². The Balaban J connectivity index is 1.32. The fraction of sp³-hybridized carbons (Fsp3) is 0.526. The topological polar surface area (TPSA) is 87.5 Å². The first kappa shape index (κ1) is 17.1. The minimum atomic E-state index is -0.186. The molecule has 5 rings (SSSR count). The third-order valence-corrected chi connectivity index (χ3v) is 6.70. The summed E-state index contributed by atoms with van der Waals surface area (Å²) in [4.78, 5) is 31.3. The highest BCUT2D eigenvalue weighted by molar-refractivity contribution is 7.99. The maximum absolute atomic E-state index is 12.6. The second kappa shape index (κ2) is 6.83. The molecule has 0 aliphatic carbocycles. The smallest absolute Gasteiger partial charge is 0.289 e. The molecule has 0 unspecified atom stereocenters. The van der Waals surface area contributed by atoms with Crippen LogP contribution in [0.15, 0.2) is 22.7 Å². The molecule has 2 aromatic heterocycles. The van der Waals surface area contributed by atoms with Crippen molar-refractivity contribution >= 4 is 34.5 Å². The first-order valence-corrected chi connectivity index (χ1v) is 10.7. The van der Waals surface area contributed by atoms with Gasteiger partial charge >= 0.3 is 0 Å². The van der Waals surface area contributed by atoms with Crippen molar-refractivity contribution in [3.05, 3.63) is 29.8 Å². The lowest BCUT2D eigenvalue weighted by atomic mass is 9.95. The molecule has 3 aliphatic rings. The summed E-state index contributed by atoms with van der Waals surface area (Å²) in [6.45, 7) is 1.48. The van der Waals surface area contributed by atoms with Crippen LogP contribution in [0, 0.1) is 0 Å². The second-order valence-electron chi connectivity index (χ2n) is 7.49. The normalized spacial score (nSPS) is 27.3. The van der Waals surface area contributed by atoms with Gasteiger partial charge < -0.3 is 20.0 Å². The first-order valence-electron chi connectivity index (χ1n) is 9.51. The Kier molecular flexibility index (Phi) is 4.32. The molecule has 5 heterocycles. The zero-order valence-corrected chi connectivity index (χ0v) is 15.8. The largest absolute Gasteiger partial charge is 0.451 e. The fourth-order valence-electron chi connectivity index (χ4n) is 4.31. The summed E-state index contributed by atoms with van der Waals surface area (Å²) in [5, 5.41) is 7.34. The minimum absolute atomic E-state index is 0.0921. The van der Waals surface area contributed by atoms with Gasteiger partial charge in [-0.05, 0) is 25.3 Å². The third-order valence-electron chi connectivity index (χ3n) is 5.76. The fourth-order valence-corrected chi connectivity index (χ4v) is 5.21. The molecule has 0 spiro atoms. The number of carbonyl (C=O) groups is 2. The number of pyridine rings is 1. The molecule has 2 bridgehead atoms. The van der Waals surface area contributed by atoms with E-state index in [0.717, 1.165) is 42.8 Å². The SMILES string of the molecule is O=C(N[C@@H]1C[C@H]2CC[C@@H]1N2)c1cc2oc(C(=O)N3CCSCC3)cc2cn1. The van der Waals surface area contributed by atoms with Crippen LogP contribution in [0.5, 0.6) is 0 Å². The lowest BCUT2D eigenvalue weighted by molar-refractivity contribution is 0.0742. The van der Waals surface area contributed by atoms with E-state index in [1.54, 1.807) is 18.3 Å². The van der Waals surface area contributed by atoms with E-state index in [1.807, 2.05) is 16.7 Å². The quantitative estimate of drug-likeness (QED) is 0.834. The number of amides is 2. The Hall–Kier alpha value is -2.06. The van der Waals surface area contributed by atoms with Crippen LogP contribution >= 0.6 is 11.8 Å². The maximum Gasteiger partial charge on any atom is 0.289 e. The van der Waals surface area contributed by atoms with Crippen LogP contribution in [0.4, 0.5) is 0 Å². The Morgan fingerprint density at radius 1 is 1.26 bits per heavy atom. The summed E-state index contributed by atoms with van der Waals surface area (Å²) in [5.41, 5.74) is 0.851. The number of nitrogens with zero attached hydrogens (tertiary/aromatic N) is 2. The van der Waals surface area contributed by atoms with E-state index in [0.29, 0.717) is 29.1 Å². The third kappa shape index (κ3) is 3.21. The van der Waals surface area contributed by atoms with Gasteiger partial charge in [0.25, 0.3) is 11.8 Å². The highest BCUT2D eigenvalue weighted by Crippen LogP contribution is 2.28. The van der Waals surface area contributed by atoms with Gasteiger partial charge in [0, 0.05) is 60.4 Å². The molecule has 2 amide bonds. The maximum atomic E-state index is 12.6. The number of hydrogen-bond donors (Lipinski definition) is 2. The van der Waals surface area contributed by atoms with Gasteiger partial charge in [0.1, 0.15) is 11.3 Å². The van der Waals surface area contributed by atoms with Gasteiger partial charge in [0.05, 0.1) is 0 Å². The number of nitrogens with one attached hydrogen (secondary N) is 2. The second-order valence-corrected chi connectivity index (χ2v) is 8.71. The average Bonchev–Trinajstić information content (AvgIpc) is 3.42. The summed E-state index contributed by atoms with van der Waals surface area (Å²) >= 11 is 1.86. The average molecular weight is 386 g/mol. The van der Waals surface area contributed by atoms with Crippen molar-refractivity contribution in [2.45, 2.75) is 37.4 Å². The van der Waals surface area contributed by atoms with E-state index in [-0.39, 0.29) is 17.9 Å². The number of furan rings is 1. The Labute approximate surface area is 161 Å². The summed E-state index contributed by atoms with van der Waals surface area (Å²) in [6, 6.07) is 4.42. The predicted octanol–water partition coefficient (Wildman–Crippen LogP) is 1.64. The molecular formula is C19H22N4O3S. The molecule has 2 aromatic rings. The number of rotatable bonds is 3. The lowest BCUT2D eigenvalue weighted by Gasteiger charge is -2.25. The number of thioether (sulfide) groups is 1. The lowest BCUT2D eigenvalue weighted by Crippen LogP contribution is -2.43. The Morgan fingerprint density at radius 3 is 2.85 bits per heavy atom. The van der Waals surface area contributed by atoms with Gasteiger partial charge in [-0.15, -0.1) is 0 Å². The summed E-state index contributed by atoms with van der Waals surface area (Å²) in [5.74, 6) is 1.94. The van der Waals surface area contributed by atoms with E-state index < -0.39 is 0 Å². The Morgan fingerprint density at radius 2 is 2.11 bits per heavy atom. The van der Waals surface area contributed by atoms with Gasteiger partial charge in [0.2, 0.25) is 0 Å². The van der Waals surface area contributed by atoms with Crippen molar-refractivity contribution in [3.8, 4) is 0 Å². The molecule has 27 heavy (non-hydrogen) atoms. The van der Waals surface area contributed by atoms with Crippen molar-refractivity contribution < 1.29 is 14.0 Å². The van der Waals surface area contributed by atoms with Gasteiger partial charge in [-0.25, -0.2) is 0 Å². The molecule has 142 valence electrons. The zero-order chi connectivity index (χ0) is 18.4. The van der Waals surface area contributed by atoms with Crippen LogP contribution in [0.3, 0.4) is 0 Å². The number of hydrogen-bond acceptors (Lipinski definition) is 6. The van der Waals surface area contributed by atoms with E-state index in [2.05, 4.69) is 15.6 Å². The van der Waals surface area contributed by atoms with Crippen LogP contribution < -0.4 is 10.6 Å². The Bertz CT molecular complexity index is 892. The molecule has 0 saturated carbocycles. The van der Waals surface area contributed by atoms with Gasteiger partial charge in [-0.1, -0.05) is 0 Å². The van der Waals surface area contributed by atoms with E-state index in [4.69, 9.17) is 4.42 Å². The van der Waals surface area contributed by atoms with Crippen LogP contribution in [0.25, 0.3) is 11.0 Å². The van der Waals surface area contributed by atoms with Crippen molar-refractivity contribution in [3.63, 3.8) is 0 Å². The van der Waals surface area contributed by atoms with Crippen LogP contribution in [-0.4, -0.2) is 64.4 Å². The zero-order valence-electron chi connectivity index (χ0n) is 14.9. The summed E-state index contributed by atoms with van der Waals surface area (Å²) in [7, 11) is 0. The van der Waals surface area contributed by atoms with E-state index in [1.165, 1.54) is 6.42 Å². The van der Waals surface area contributed by atoms with Crippen LogP contribution in [-0.2, 0) is 0 Å². The highest BCUT2D eigenvalue weighted by atomic mass is 32.2. The van der Waals surface area contributed by atoms with Crippen molar-refractivity contribution in [1.82, 2.24) is 20.5 Å². The highest BCUT2D eigenvalue weighted by Gasteiger charge is 2.39. The van der Waals surface area contributed by atoms with Crippen LogP contribution in [0.2, 0.25) is 0 Å². The molecule has 3 aliphatic heterocycles. The minimum Gasteiger partial charge on any atom is -0.451 e. The molecule has 7 nitrogen and oxygen atoms in total. The monoisotopic (exact) mass is 386 g/mol. The molecule has 8 heteroatoms. The summed E-state index contributed by atoms with van der Waals surface area (Å²) in [6.07, 6.45) is 4.89. The standard InChI is InChI=1S/C19H22N4O3S/c24-18(22-14-8-12-1-2-13(14)21-12)15-9-16-11(10-20-15)7-17(26-16)19(25)23-3-5-27-6-4-23/h7,9-10,12-14,21H,1-6,8H2,(H,22,24)/t12-,13+,14-/m1/s1. The van der Waals surface area contributed by atoms with E-state index >= 15 is 0 Å². The molecule has 3 fully saturated rings. The molecular weight excluding hydrogens is 364 g/mol. The molecule has 2 N–H and O–H groups in total. The summed E-state index contributed by atoms with van der Waals surface area (Å²) < 4.78 is 5.76. The molecule has 0 radical (unpaired) electrons.